The molecule has 2 heteroatoms. The van der Waals surface area contributed by atoms with Crippen LogP contribution >= 0.6 is 0 Å². The summed E-state index contributed by atoms with van der Waals surface area (Å²) in [5, 5.41) is 0. The van der Waals surface area contributed by atoms with E-state index in [1.807, 2.05) is 12.1 Å². The van der Waals surface area contributed by atoms with Gasteiger partial charge in [0, 0.05) is 11.1 Å². The van der Waals surface area contributed by atoms with Gasteiger partial charge in [0.1, 0.15) is 5.82 Å². The molecule has 1 nitrogen and oxygen atoms in total. The fourth-order valence-electron chi connectivity index (χ4n) is 5.22. The Morgan fingerprint density at radius 1 is 0.944 bits per heavy atom. The Kier molecular flexibility index (Phi) is 2.18. The lowest BCUT2D eigenvalue weighted by molar-refractivity contribution is -0.0598. The van der Waals surface area contributed by atoms with Crippen LogP contribution in [0.4, 0.5) is 4.39 Å². The summed E-state index contributed by atoms with van der Waals surface area (Å²) in [5.74, 6) is 2.65. The highest BCUT2D eigenvalue weighted by atomic mass is 19.1. The number of hydrogen-bond acceptors (Lipinski definition) is 1. The molecular formula is C16H20FN. The molecule has 0 aliphatic heterocycles. The van der Waals surface area contributed by atoms with Gasteiger partial charge < -0.3 is 5.73 Å². The van der Waals surface area contributed by atoms with Gasteiger partial charge in [-0.2, -0.15) is 0 Å². The summed E-state index contributed by atoms with van der Waals surface area (Å²) in [4.78, 5) is 0. The quantitative estimate of drug-likeness (QED) is 0.806. The van der Waals surface area contributed by atoms with Crippen molar-refractivity contribution in [3.63, 3.8) is 0 Å². The fourth-order valence-corrected chi connectivity index (χ4v) is 5.22. The number of halogens is 1. The van der Waals surface area contributed by atoms with Crippen molar-refractivity contribution >= 4 is 0 Å². The van der Waals surface area contributed by atoms with Crippen molar-refractivity contribution in [2.24, 2.45) is 29.4 Å². The monoisotopic (exact) mass is 245 g/mol. The zero-order valence-corrected chi connectivity index (χ0v) is 10.6. The Morgan fingerprint density at radius 2 is 1.50 bits per heavy atom. The SMILES string of the molecule is NC1(c2ccccc2F)C2CC3CC(C2)CC1C3. The topological polar surface area (TPSA) is 26.0 Å². The standard InChI is InChI=1S/C16H20FN/c17-15-4-2-1-3-14(15)16(18)12-6-10-5-11(8-12)9-13(16)7-10/h1-4,10-13H,5-9,18H2. The largest absolute Gasteiger partial charge is 0.321 e. The van der Waals surface area contributed by atoms with E-state index in [-0.39, 0.29) is 5.82 Å². The van der Waals surface area contributed by atoms with Crippen molar-refractivity contribution in [3.05, 3.63) is 35.6 Å². The average Bonchev–Trinajstić information content (AvgIpc) is 2.35. The minimum Gasteiger partial charge on any atom is -0.321 e. The smallest absolute Gasteiger partial charge is 0.128 e. The van der Waals surface area contributed by atoms with Crippen LogP contribution in [0.25, 0.3) is 0 Å². The molecule has 0 heterocycles. The van der Waals surface area contributed by atoms with Crippen LogP contribution in [0, 0.1) is 29.5 Å². The van der Waals surface area contributed by atoms with Crippen LogP contribution in [-0.2, 0) is 5.54 Å². The molecule has 0 amide bonds. The summed E-state index contributed by atoms with van der Waals surface area (Å²) in [6.45, 7) is 0. The molecule has 0 saturated heterocycles. The molecule has 4 bridgehead atoms. The summed E-state index contributed by atoms with van der Waals surface area (Å²) in [6, 6.07) is 7.17. The molecule has 0 radical (unpaired) electrons. The summed E-state index contributed by atoms with van der Waals surface area (Å²) in [6.07, 6.45) is 6.28. The minimum atomic E-state index is -0.390. The van der Waals surface area contributed by atoms with E-state index in [2.05, 4.69) is 0 Å². The Hall–Kier alpha value is -0.890. The maximum absolute atomic E-state index is 14.2. The van der Waals surface area contributed by atoms with Gasteiger partial charge in [-0.1, -0.05) is 18.2 Å². The zero-order chi connectivity index (χ0) is 12.3. The Bertz CT molecular complexity index is 454. The van der Waals surface area contributed by atoms with Gasteiger partial charge in [0.05, 0.1) is 0 Å². The molecule has 0 atom stereocenters. The van der Waals surface area contributed by atoms with Gasteiger partial charge in [-0.3, -0.25) is 0 Å². The van der Waals surface area contributed by atoms with E-state index in [1.165, 1.54) is 32.1 Å². The second-order valence-corrected chi connectivity index (χ2v) is 6.72. The lowest BCUT2D eigenvalue weighted by Gasteiger charge is -2.60. The van der Waals surface area contributed by atoms with Gasteiger partial charge in [-0.25, -0.2) is 4.39 Å². The highest BCUT2D eigenvalue weighted by molar-refractivity contribution is 5.30. The highest BCUT2D eigenvalue weighted by Crippen LogP contribution is 2.60. The first-order valence-electron chi connectivity index (χ1n) is 7.21. The van der Waals surface area contributed by atoms with Crippen LogP contribution in [0.3, 0.4) is 0 Å². The van der Waals surface area contributed by atoms with Crippen LogP contribution in [-0.4, -0.2) is 0 Å². The molecule has 4 saturated carbocycles. The molecule has 5 rings (SSSR count). The molecular weight excluding hydrogens is 225 g/mol. The summed E-state index contributed by atoms with van der Waals surface area (Å²) in [5.41, 5.74) is 7.16. The molecule has 18 heavy (non-hydrogen) atoms. The molecule has 0 spiro atoms. The van der Waals surface area contributed by atoms with Gasteiger partial charge >= 0.3 is 0 Å². The number of rotatable bonds is 1. The number of benzene rings is 1. The molecule has 4 aliphatic rings. The number of nitrogens with two attached hydrogens (primary N) is 1. The van der Waals surface area contributed by atoms with Crippen molar-refractivity contribution in [1.29, 1.82) is 0 Å². The first-order valence-corrected chi connectivity index (χ1v) is 7.21. The van der Waals surface area contributed by atoms with Gasteiger partial charge in [-0.05, 0) is 61.8 Å². The molecule has 1 aromatic rings. The van der Waals surface area contributed by atoms with Crippen LogP contribution in [0.1, 0.15) is 37.7 Å². The molecule has 2 N–H and O–H groups in total. The van der Waals surface area contributed by atoms with E-state index >= 15 is 0 Å². The van der Waals surface area contributed by atoms with Gasteiger partial charge in [0.25, 0.3) is 0 Å². The van der Waals surface area contributed by atoms with Crippen LogP contribution in [0.15, 0.2) is 24.3 Å². The molecule has 4 aliphatic carbocycles. The molecule has 0 unspecified atom stereocenters. The van der Waals surface area contributed by atoms with Crippen molar-refractivity contribution in [2.75, 3.05) is 0 Å². The van der Waals surface area contributed by atoms with Crippen molar-refractivity contribution in [2.45, 2.75) is 37.6 Å². The lowest BCUT2D eigenvalue weighted by Crippen LogP contribution is -2.60. The van der Waals surface area contributed by atoms with Crippen molar-refractivity contribution in [1.82, 2.24) is 0 Å². The van der Waals surface area contributed by atoms with Gasteiger partial charge in [0.15, 0.2) is 0 Å². The summed E-state index contributed by atoms with van der Waals surface area (Å²) in [7, 11) is 0. The maximum atomic E-state index is 14.2. The summed E-state index contributed by atoms with van der Waals surface area (Å²) < 4.78 is 14.2. The van der Waals surface area contributed by atoms with Crippen LogP contribution in [0.2, 0.25) is 0 Å². The van der Waals surface area contributed by atoms with Crippen molar-refractivity contribution in [3.8, 4) is 0 Å². The number of hydrogen-bond donors (Lipinski definition) is 1. The lowest BCUT2D eigenvalue weighted by atomic mass is 9.47. The molecule has 96 valence electrons. The normalized spacial score (nSPS) is 45.4. The van der Waals surface area contributed by atoms with Crippen LogP contribution in [0.5, 0.6) is 0 Å². The Balaban J connectivity index is 1.81. The maximum Gasteiger partial charge on any atom is 0.128 e. The van der Waals surface area contributed by atoms with E-state index < -0.39 is 5.54 Å². The van der Waals surface area contributed by atoms with E-state index in [4.69, 9.17) is 5.73 Å². The first-order chi connectivity index (χ1) is 8.68. The molecule has 0 aromatic heterocycles. The van der Waals surface area contributed by atoms with E-state index in [0.29, 0.717) is 11.8 Å². The predicted molar refractivity (Wildman–Crippen MR) is 69.3 cm³/mol. The van der Waals surface area contributed by atoms with E-state index in [1.54, 1.807) is 12.1 Å². The molecule has 4 fully saturated rings. The fraction of sp³-hybridized carbons (Fsp3) is 0.625. The first kappa shape index (κ1) is 11.0. The van der Waals surface area contributed by atoms with Gasteiger partial charge in [0.2, 0.25) is 0 Å². The van der Waals surface area contributed by atoms with Gasteiger partial charge in [-0.15, -0.1) is 0 Å². The third-order valence-electron chi connectivity index (χ3n) is 5.83. The third-order valence-corrected chi connectivity index (χ3v) is 5.83. The van der Waals surface area contributed by atoms with E-state index in [9.17, 15) is 4.39 Å². The summed E-state index contributed by atoms with van der Waals surface area (Å²) >= 11 is 0. The third kappa shape index (κ3) is 1.30. The molecule has 1 aromatic carbocycles. The Labute approximate surface area is 108 Å². The minimum absolute atomic E-state index is 0.104. The van der Waals surface area contributed by atoms with Crippen LogP contribution < -0.4 is 5.73 Å². The van der Waals surface area contributed by atoms with E-state index in [0.717, 1.165) is 17.4 Å². The second-order valence-electron chi connectivity index (χ2n) is 6.72. The van der Waals surface area contributed by atoms with Crippen molar-refractivity contribution < 1.29 is 4.39 Å². The zero-order valence-electron chi connectivity index (χ0n) is 10.6. The average molecular weight is 245 g/mol. The predicted octanol–water partition coefficient (Wildman–Crippen LogP) is 3.44. The highest BCUT2D eigenvalue weighted by Gasteiger charge is 2.56. The Morgan fingerprint density at radius 3 is 2.06 bits per heavy atom. The second kappa shape index (κ2) is 3.57.